The van der Waals surface area contributed by atoms with Gasteiger partial charge in [-0.1, -0.05) is 12.8 Å². The van der Waals surface area contributed by atoms with Gasteiger partial charge in [-0.2, -0.15) is 0 Å². The molecule has 2 aliphatic rings. The summed E-state index contributed by atoms with van der Waals surface area (Å²) in [5.41, 5.74) is 0. The minimum Gasteiger partial charge on any atom is -0.303 e. The third-order valence-corrected chi connectivity index (χ3v) is 4.13. The average molecular weight is 198 g/mol. The van der Waals surface area contributed by atoms with Crippen LogP contribution in [0.15, 0.2) is 0 Å². The second kappa shape index (κ2) is 4.41. The highest BCUT2D eigenvalue weighted by molar-refractivity contribution is 5.49. The quantitative estimate of drug-likeness (QED) is 0.623. The molecule has 0 heterocycles. The van der Waals surface area contributed by atoms with Crippen LogP contribution >= 0.6 is 0 Å². The molecular weight excluding hydrogens is 179 g/mol. The molecule has 0 bridgehead atoms. The molecule has 4 atom stereocenters. The summed E-state index contributed by atoms with van der Waals surface area (Å²) in [5.74, 6) is 1.80. The normalized spacial score (nSPS) is 42.9. The summed E-state index contributed by atoms with van der Waals surface area (Å²) in [4.78, 5) is 10.5. The molecule has 0 aromatic heterocycles. The van der Waals surface area contributed by atoms with Crippen molar-refractivity contribution in [1.82, 2.24) is 0 Å². The van der Waals surface area contributed by atoms with Crippen molar-refractivity contribution in [2.45, 2.75) is 51.1 Å². The lowest BCUT2D eigenvalue weighted by molar-refractivity contribution is -0.109. The van der Waals surface area contributed by atoms with E-state index in [0.717, 1.165) is 25.5 Å². The topological polar surface area (TPSA) is 17.1 Å². The van der Waals surface area contributed by atoms with E-state index in [1.165, 1.54) is 19.3 Å². The molecule has 0 aromatic rings. The first-order chi connectivity index (χ1) is 6.81. The number of rotatable bonds is 2. The van der Waals surface area contributed by atoms with Crippen LogP contribution in [0.2, 0.25) is 0 Å². The van der Waals surface area contributed by atoms with Crippen LogP contribution in [0.5, 0.6) is 0 Å². The Kier molecular flexibility index (Phi) is 3.19. The van der Waals surface area contributed by atoms with Crippen molar-refractivity contribution in [3.63, 3.8) is 0 Å². The van der Waals surface area contributed by atoms with E-state index in [2.05, 4.69) is 0 Å². The lowest BCUT2D eigenvalue weighted by Gasteiger charge is -2.41. The van der Waals surface area contributed by atoms with Crippen LogP contribution in [0.1, 0.15) is 44.9 Å². The van der Waals surface area contributed by atoms with Crippen molar-refractivity contribution in [3.05, 3.63) is 0 Å². The summed E-state index contributed by atoms with van der Waals surface area (Å²) in [6.07, 6.45) is 7.29. The van der Waals surface area contributed by atoms with E-state index < -0.39 is 6.17 Å². The minimum absolute atomic E-state index is 0.564. The number of alkyl halides is 1. The van der Waals surface area contributed by atoms with Crippen molar-refractivity contribution < 1.29 is 9.18 Å². The summed E-state index contributed by atoms with van der Waals surface area (Å²) in [5, 5.41) is 0. The second-order valence-corrected chi connectivity index (χ2v) is 4.93. The van der Waals surface area contributed by atoms with Crippen LogP contribution < -0.4 is 0 Å². The molecule has 4 unspecified atom stereocenters. The maximum atomic E-state index is 13.2. The Bertz CT molecular complexity index is 204. The van der Waals surface area contributed by atoms with Crippen LogP contribution in [-0.2, 0) is 4.79 Å². The van der Waals surface area contributed by atoms with E-state index in [1.807, 2.05) is 0 Å². The van der Waals surface area contributed by atoms with Crippen LogP contribution in [-0.4, -0.2) is 12.5 Å². The molecule has 2 aliphatic carbocycles. The molecule has 2 fully saturated rings. The molecule has 2 heteroatoms. The third-order valence-electron chi connectivity index (χ3n) is 4.13. The number of hydrogen-bond donors (Lipinski definition) is 0. The molecule has 0 saturated heterocycles. The van der Waals surface area contributed by atoms with Crippen molar-refractivity contribution in [1.29, 1.82) is 0 Å². The first-order valence-electron chi connectivity index (χ1n) is 5.89. The van der Waals surface area contributed by atoms with Gasteiger partial charge in [0.25, 0.3) is 0 Å². The fourth-order valence-electron chi connectivity index (χ4n) is 3.46. The summed E-state index contributed by atoms with van der Waals surface area (Å²) >= 11 is 0. The van der Waals surface area contributed by atoms with E-state index in [9.17, 15) is 9.18 Å². The van der Waals surface area contributed by atoms with Crippen molar-refractivity contribution in [3.8, 4) is 0 Å². The van der Waals surface area contributed by atoms with Crippen LogP contribution in [0.25, 0.3) is 0 Å². The molecule has 0 radical (unpaired) electrons. The molecule has 2 rings (SSSR count). The molecule has 0 spiro atoms. The van der Waals surface area contributed by atoms with Gasteiger partial charge in [-0.05, 0) is 43.4 Å². The Morgan fingerprint density at radius 3 is 2.86 bits per heavy atom. The summed E-state index contributed by atoms with van der Waals surface area (Å²) in [6.45, 7) is 0. The minimum atomic E-state index is -0.564. The zero-order valence-corrected chi connectivity index (χ0v) is 8.62. The highest BCUT2D eigenvalue weighted by Gasteiger charge is 2.37. The van der Waals surface area contributed by atoms with E-state index in [4.69, 9.17) is 0 Å². The summed E-state index contributed by atoms with van der Waals surface area (Å²) < 4.78 is 13.2. The molecule has 2 saturated carbocycles. The van der Waals surface area contributed by atoms with Gasteiger partial charge in [-0.15, -0.1) is 0 Å². The van der Waals surface area contributed by atoms with Gasteiger partial charge >= 0.3 is 0 Å². The van der Waals surface area contributed by atoms with Crippen molar-refractivity contribution >= 4 is 6.29 Å². The maximum Gasteiger partial charge on any atom is 0.120 e. The summed E-state index contributed by atoms with van der Waals surface area (Å²) in [7, 11) is 0. The van der Waals surface area contributed by atoms with Gasteiger partial charge in [0, 0.05) is 6.42 Å². The predicted octanol–water partition coefficient (Wildman–Crippen LogP) is 3.13. The number of fused-ring (bicyclic) bond motifs is 1. The predicted molar refractivity (Wildman–Crippen MR) is 53.7 cm³/mol. The average Bonchev–Trinajstić information content (AvgIpc) is 2.18. The molecule has 0 aromatic carbocycles. The van der Waals surface area contributed by atoms with Crippen molar-refractivity contribution in [2.75, 3.05) is 0 Å². The molecule has 0 amide bonds. The number of carbonyl (C=O) groups excluding carboxylic acids is 1. The molecule has 0 N–H and O–H groups in total. The number of carbonyl (C=O) groups is 1. The third kappa shape index (κ3) is 1.99. The first kappa shape index (κ1) is 10.1. The highest BCUT2D eigenvalue weighted by atomic mass is 19.1. The highest BCUT2D eigenvalue weighted by Crippen LogP contribution is 2.45. The number of halogens is 1. The van der Waals surface area contributed by atoms with Gasteiger partial charge in [0.15, 0.2) is 0 Å². The van der Waals surface area contributed by atoms with E-state index in [1.54, 1.807) is 0 Å². The van der Waals surface area contributed by atoms with Crippen LogP contribution in [0.3, 0.4) is 0 Å². The van der Waals surface area contributed by atoms with E-state index >= 15 is 0 Å². The van der Waals surface area contributed by atoms with Gasteiger partial charge in [0.1, 0.15) is 12.5 Å². The van der Waals surface area contributed by atoms with E-state index in [-0.39, 0.29) is 0 Å². The van der Waals surface area contributed by atoms with Gasteiger partial charge in [0.2, 0.25) is 0 Å². The summed E-state index contributed by atoms with van der Waals surface area (Å²) in [6, 6.07) is 0. The monoisotopic (exact) mass is 198 g/mol. The molecule has 14 heavy (non-hydrogen) atoms. The van der Waals surface area contributed by atoms with Gasteiger partial charge in [-0.3, -0.25) is 0 Å². The van der Waals surface area contributed by atoms with E-state index in [0.29, 0.717) is 24.2 Å². The zero-order valence-electron chi connectivity index (χ0n) is 8.62. The number of aldehydes is 1. The van der Waals surface area contributed by atoms with Crippen LogP contribution in [0.4, 0.5) is 4.39 Å². The van der Waals surface area contributed by atoms with Crippen LogP contribution in [0, 0.1) is 17.8 Å². The number of hydrogen-bond acceptors (Lipinski definition) is 1. The van der Waals surface area contributed by atoms with Gasteiger partial charge in [0.05, 0.1) is 0 Å². The largest absolute Gasteiger partial charge is 0.303 e. The fraction of sp³-hybridized carbons (Fsp3) is 0.917. The SMILES string of the molecule is O=CCC1CCCC2CC(F)CCC12. The standard InChI is InChI=1S/C12H19FO/c13-11-4-5-12-9(6-7-14)2-1-3-10(12)8-11/h7,9-12H,1-6,8H2. The Labute approximate surface area is 85.1 Å². The lowest BCUT2D eigenvalue weighted by atomic mass is 9.64. The van der Waals surface area contributed by atoms with Gasteiger partial charge < -0.3 is 4.79 Å². The fourth-order valence-corrected chi connectivity index (χ4v) is 3.46. The molecular formula is C12H19FO. The molecule has 1 nitrogen and oxygen atoms in total. The Morgan fingerprint density at radius 2 is 2.07 bits per heavy atom. The Balaban J connectivity index is 1.98. The van der Waals surface area contributed by atoms with Gasteiger partial charge in [-0.25, -0.2) is 4.39 Å². The second-order valence-electron chi connectivity index (χ2n) is 4.93. The zero-order chi connectivity index (χ0) is 9.97. The lowest BCUT2D eigenvalue weighted by Crippen LogP contribution is -2.34. The molecule has 0 aliphatic heterocycles. The Hall–Kier alpha value is -0.400. The van der Waals surface area contributed by atoms with Crippen molar-refractivity contribution in [2.24, 2.45) is 17.8 Å². The first-order valence-corrected chi connectivity index (χ1v) is 5.89. The molecule has 80 valence electrons. The Morgan fingerprint density at radius 1 is 1.21 bits per heavy atom. The maximum absolute atomic E-state index is 13.2. The smallest absolute Gasteiger partial charge is 0.120 e.